The summed E-state index contributed by atoms with van der Waals surface area (Å²) in [5, 5.41) is 1.33. The number of esters is 1. The molecule has 1 aliphatic heterocycles. The van der Waals surface area contributed by atoms with Gasteiger partial charge in [0.2, 0.25) is 0 Å². The number of hydrogen-bond donors (Lipinski definition) is 0. The minimum Gasteiger partial charge on any atom is -0.466 e. The fourth-order valence-corrected chi connectivity index (χ4v) is 8.41. The SMILES string of the molecule is CCOC(=O)C1CCCN(C2c3ccc(Cl)cc3CCc3cc(Br)cnc32)C1.Clc1ccc2c(c1)CCc1cc(Br)cnc1C2Cl. The highest BCUT2D eigenvalue weighted by Gasteiger charge is 2.35. The molecule has 2 aromatic carbocycles. The highest BCUT2D eigenvalue weighted by atomic mass is 79.9. The monoisotopic (exact) mass is 803 g/mol. The van der Waals surface area contributed by atoms with Crippen LogP contribution < -0.4 is 0 Å². The average Bonchev–Trinajstić information content (AvgIpc) is 3.28. The number of nitrogens with zero attached hydrogens (tertiary/aromatic N) is 3. The van der Waals surface area contributed by atoms with Crippen LogP contribution in [0.15, 0.2) is 69.9 Å². The molecule has 3 atom stereocenters. The topological polar surface area (TPSA) is 55.3 Å². The number of aromatic nitrogens is 2. The van der Waals surface area contributed by atoms with Crippen molar-refractivity contribution in [2.75, 3.05) is 19.7 Å². The number of likely N-dealkylation sites (tertiary alicyclic amines) is 1. The summed E-state index contributed by atoms with van der Waals surface area (Å²) in [5.41, 5.74) is 9.37. The molecule has 10 heteroatoms. The lowest BCUT2D eigenvalue weighted by Crippen LogP contribution is -2.42. The molecule has 0 radical (unpaired) electrons. The van der Waals surface area contributed by atoms with E-state index in [4.69, 9.17) is 44.5 Å². The van der Waals surface area contributed by atoms with Crippen molar-refractivity contribution in [3.8, 4) is 0 Å². The number of pyridine rings is 2. The van der Waals surface area contributed by atoms with Crippen LogP contribution in [0, 0.1) is 5.92 Å². The molecule has 5 nitrogen and oxygen atoms in total. The molecule has 0 spiro atoms. The number of alkyl halides is 1. The van der Waals surface area contributed by atoms with Gasteiger partial charge in [-0.1, -0.05) is 35.3 Å². The number of carbonyl (C=O) groups is 1. The summed E-state index contributed by atoms with van der Waals surface area (Å²) in [6.07, 6.45) is 9.30. The van der Waals surface area contributed by atoms with E-state index in [2.05, 4.69) is 66.0 Å². The lowest BCUT2D eigenvalue weighted by atomic mass is 9.91. The second-order valence-electron chi connectivity index (χ2n) is 11.9. The molecule has 2 aromatic heterocycles. The zero-order valence-corrected chi connectivity index (χ0v) is 30.9. The fraction of sp³-hybridized carbons (Fsp3) is 0.361. The summed E-state index contributed by atoms with van der Waals surface area (Å²) in [6.45, 7) is 3.93. The number of hydrogen-bond acceptors (Lipinski definition) is 5. The third-order valence-corrected chi connectivity index (χ3v) is 10.8. The molecule has 2 aliphatic carbocycles. The minimum atomic E-state index is -0.192. The number of benzene rings is 2. The van der Waals surface area contributed by atoms with Crippen molar-refractivity contribution in [1.82, 2.24) is 14.9 Å². The molecule has 1 fully saturated rings. The zero-order valence-electron chi connectivity index (χ0n) is 25.4. The quantitative estimate of drug-likeness (QED) is 0.153. The smallest absolute Gasteiger partial charge is 0.310 e. The van der Waals surface area contributed by atoms with Crippen molar-refractivity contribution in [2.45, 2.75) is 56.9 Å². The van der Waals surface area contributed by atoms with Crippen LogP contribution in [0.1, 0.15) is 76.0 Å². The maximum atomic E-state index is 12.4. The molecule has 0 saturated carbocycles. The predicted octanol–water partition coefficient (Wildman–Crippen LogP) is 9.88. The first-order chi connectivity index (χ1) is 22.2. The molecule has 0 bridgehead atoms. The van der Waals surface area contributed by atoms with E-state index in [1.54, 1.807) is 6.20 Å². The zero-order chi connectivity index (χ0) is 32.4. The Labute approximate surface area is 302 Å². The Morgan fingerprint density at radius 2 is 1.41 bits per heavy atom. The number of rotatable bonds is 3. The molecule has 3 unspecified atom stereocenters. The highest BCUT2D eigenvalue weighted by molar-refractivity contribution is 9.10. The van der Waals surface area contributed by atoms with Crippen molar-refractivity contribution >= 4 is 72.6 Å². The van der Waals surface area contributed by atoms with Crippen molar-refractivity contribution in [3.05, 3.63) is 125 Å². The second kappa shape index (κ2) is 15.0. The minimum absolute atomic E-state index is 0.0371. The van der Waals surface area contributed by atoms with Crippen molar-refractivity contribution in [2.24, 2.45) is 5.92 Å². The van der Waals surface area contributed by atoms with E-state index < -0.39 is 0 Å². The van der Waals surface area contributed by atoms with Gasteiger partial charge in [-0.3, -0.25) is 19.7 Å². The molecule has 1 saturated heterocycles. The van der Waals surface area contributed by atoms with Gasteiger partial charge < -0.3 is 4.74 Å². The lowest BCUT2D eigenvalue weighted by Gasteiger charge is -2.38. The number of aryl methyl sites for hydroxylation is 4. The van der Waals surface area contributed by atoms with Crippen LogP contribution in [0.5, 0.6) is 0 Å². The summed E-state index contributed by atoms with van der Waals surface area (Å²) in [6, 6.07) is 16.4. The molecular formula is C36H34Br2Cl3N3O2. The maximum Gasteiger partial charge on any atom is 0.310 e. The first-order valence-electron chi connectivity index (χ1n) is 15.6. The third kappa shape index (κ3) is 7.50. The normalized spacial score (nSPS) is 20.4. The van der Waals surface area contributed by atoms with Gasteiger partial charge in [0.1, 0.15) is 5.38 Å². The largest absolute Gasteiger partial charge is 0.466 e. The molecular weight excluding hydrogens is 773 g/mol. The number of ether oxygens (including phenoxy) is 1. The fourth-order valence-electron chi connectivity index (χ4n) is 6.85. The van der Waals surface area contributed by atoms with Crippen LogP contribution in [0.3, 0.4) is 0 Å². The number of fused-ring (bicyclic) bond motifs is 4. The van der Waals surface area contributed by atoms with Gasteiger partial charge >= 0.3 is 5.97 Å². The van der Waals surface area contributed by atoms with Gasteiger partial charge in [0.25, 0.3) is 0 Å². The predicted molar refractivity (Wildman–Crippen MR) is 192 cm³/mol. The molecule has 7 rings (SSSR count). The van der Waals surface area contributed by atoms with Crippen molar-refractivity contribution in [1.29, 1.82) is 0 Å². The van der Waals surface area contributed by atoms with Crippen LogP contribution in [-0.4, -0.2) is 40.5 Å². The summed E-state index contributed by atoms with van der Waals surface area (Å²) >= 11 is 25.9. The van der Waals surface area contributed by atoms with Gasteiger partial charge in [-0.25, -0.2) is 0 Å². The van der Waals surface area contributed by atoms with E-state index in [1.807, 2.05) is 37.4 Å². The van der Waals surface area contributed by atoms with E-state index in [0.29, 0.717) is 13.2 Å². The molecule has 46 heavy (non-hydrogen) atoms. The van der Waals surface area contributed by atoms with Gasteiger partial charge in [0, 0.05) is 37.9 Å². The lowest BCUT2D eigenvalue weighted by molar-refractivity contribution is -0.150. The second-order valence-corrected chi connectivity index (χ2v) is 15.1. The first kappa shape index (κ1) is 33.9. The highest BCUT2D eigenvalue weighted by Crippen LogP contribution is 2.40. The maximum absolute atomic E-state index is 12.4. The average molecular weight is 807 g/mol. The van der Waals surface area contributed by atoms with E-state index in [0.717, 1.165) is 81.0 Å². The number of carbonyl (C=O) groups excluding carboxylic acids is 1. The van der Waals surface area contributed by atoms with Gasteiger partial charge in [-0.2, -0.15) is 0 Å². The Bertz CT molecular complexity index is 1650. The molecule has 0 N–H and O–H groups in total. The van der Waals surface area contributed by atoms with Crippen LogP contribution in [0.2, 0.25) is 10.0 Å². The van der Waals surface area contributed by atoms with E-state index in [9.17, 15) is 4.79 Å². The standard InChI is InChI=1S/C22H24BrClN2O2.C14H10BrCl2N/c1-2-28-22(27)16-4-3-9-26(13-16)21-19-8-7-18(24)11-14(19)5-6-15-10-17(23)12-25-20(15)21;15-10-5-9-2-1-8-6-11(16)3-4-12(8)13(17)14(9)18-7-10/h7-8,10-12,16,21H,2-6,9,13H2,1H3;3-7,13H,1-2H2. The van der Waals surface area contributed by atoms with Crippen molar-refractivity contribution < 1.29 is 9.53 Å². The summed E-state index contributed by atoms with van der Waals surface area (Å²) < 4.78 is 7.30. The van der Waals surface area contributed by atoms with Gasteiger partial charge in [0.05, 0.1) is 30.0 Å². The van der Waals surface area contributed by atoms with Crippen LogP contribution in [0.25, 0.3) is 0 Å². The van der Waals surface area contributed by atoms with Gasteiger partial charge in [-0.05, 0) is 154 Å². The Morgan fingerprint density at radius 3 is 2.07 bits per heavy atom. The Balaban J connectivity index is 0.000000178. The molecule has 3 aliphatic rings. The number of piperidine rings is 1. The Hall–Kier alpha value is -2.00. The molecule has 0 amide bonds. The van der Waals surface area contributed by atoms with E-state index in [-0.39, 0.29) is 23.3 Å². The summed E-state index contributed by atoms with van der Waals surface area (Å²) in [7, 11) is 0. The number of halogens is 5. The molecule has 4 aromatic rings. The van der Waals surface area contributed by atoms with Crippen molar-refractivity contribution in [3.63, 3.8) is 0 Å². The van der Waals surface area contributed by atoms with Gasteiger partial charge in [-0.15, -0.1) is 11.6 Å². The van der Waals surface area contributed by atoms with Crippen LogP contribution in [0.4, 0.5) is 0 Å². The molecule has 3 heterocycles. The Kier molecular flexibility index (Phi) is 11.1. The van der Waals surface area contributed by atoms with Crippen LogP contribution in [-0.2, 0) is 35.2 Å². The third-order valence-electron chi connectivity index (χ3n) is 8.98. The molecule has 240 valence electrons. The first-order valence-corrected chi connectivity index (χ1v) is 18.4. The summed E-state index contributed by atoms with van der Waals surface area (Å²) in [4.78, 5) is 24.1. The van der Waals surface area contributed by atoms with E-state index in [1.165, 1.54) is 27.8 Å². The van der Waals surface area contributed by atoms with Crippen LogP contribution >= 0.6 is 66.7 Å². The summed E-state index contributed by atoms with van der Waals surface area (Å²) in [5.74, 6) is -0.159. The Morgan fingerprint density at radius 1 is 0.848 bits per heavy atom. The van der Waals surface area contributed by atoms with E-state index >= 15 is 0 Å². The van der Waals surface area contributed by atoms with Gasteiger partial charge in [0.15, 0.2) is 0 Å².